The highest BCUT2D eigenvalue weighted by molar-refractivity contribution is 9.09. The molecule has 2 aliphatic carbocycles. The molecule has 1 unspecified atom stereocenters. The number of hydrogen-bond donors (Lipinski definition) is 0. The minimum atomic E-state index is -0.597. The van der Waals surface area contributed by atoms with Gasteiger partial charge in [0.1, 0.15) is 11.7 Å². The molecule has 0 aromatic rings. The van der Waals surface area contributed by atoms with Gasteiger partial charge in [-0.2, -0.15) is 0 Å². The number of rotatable bonds is 5. The maximum atomic E-state index is 12.4. The van der Waals surface area contributed by atoms with Crippen molar-refractivity contribution < 1.29 is 19.1 Å². The van der Waals surface area contributed by atoms with E-state index in [1.165, 1.54) is 11.1 Å². The fourth-order valence-corrected chi connectivity index (χ4v) is 5.08. The number of alkyl halides is 1. The summed E-state index contributed by atoms with van der Waals surface area (Å²) in [6.45, 7) is 8.13. The van der Waals surface area contributed by atoms with Gasteiger partial charge in [-0.05, 0) is 52.4 Å². The molecule has 4 nitrogen and oxygen atoms in total. The molecule has 2 fully saturated rings. The predicted octanol–water partition coefficient (Wildman–Crippen LogP) is 4.47. The maximum absolute atomic E-state index is 12.4. The van der Waals surface area contributed by atoms with Crippen LogP contribution in [-0.2, 0) is 19.1 Å². The number of hydrogen-bond acceptors (Lipinski definition) is 4. The second kappa shape index (κ2) is 7.26. The molecular formula is C20H27BrO4. The lowest BCUT2D eigenvalue weighted by molar-refractivity contribution is -0.167. The van der Waals surface area contributed by atoms with Crippen molar-refractivity contribution in [2.75, 3.05) is 5.33 Å². The monoisotopic (exact) mass is 410 g/mol. The molecule has 1 heterocycles. The van der Waals surface area contributed by atoms with Crippen LogP contribution in [0.3, 0.4) is 0 Å². The number of unbranched alkanes of at least 4 members (excludes halogenated alkanes) is 1. The van der Waals surface area contributed by atoms with E-state index >= 15 is 0 Å². The summed E-state index contributed by atoms with van der Waals surface area (Å²) >= 11 is 3.39. The third-order valence-electron chi connectivity index (χ3n) is 6.09. The summed E-state index contributed by atoms with van der Waals surface area (Å²) in [5.74, 6) is -0.434. The average Bonchev–Trinajstić information content (AvgIpc) is 2.97. The van der Waals surface area contributed by atoms with E-state index in [4.69, 9.17) is 9.47 Å². The topological polar surface area (TPSA) is 52.6 Å². The number of allylic oxidation sites excluding steroid dienone is 1. The van der Waals surface area contributed by atoms with Gasteiger partial charge in [0.25, 0.3) is 0 Å². The summed E-state index contributed by atoms with van der Waals surface area (Å²) in [6, 6.07) is 0. The van der Waals surface area contributed by atoms with Gasteiger partial charge in [-0.15, -0.1) is 0 Å². The lowest BCUT2D eigenvalue weighted by atomic mass is 9.79. The molecule has 0 radical (unpaired) electrons. The molecule has 0 aromatic carbocycles. The van der Waals surface area contributed by atoms with Crippen LogP contribution in [0.15, 0.2) is 23.3 Å². The quantitative estimate of drug-likeness (QED) is 0.220. The van der Waals surface area contributed by atoms with Crippen molar-refractivity contribution in [2.45, 2.75) is 70.5 Å². The molecule has 4 atom stereocenters. The van der Waals surface area contributed by atoms with Crippen LogP contribution < -0.4 is 0 Å². The third kappa shape index (κ3) is 3.44. The Labute approximate surface area is 158 Å². The molecule has 3 aliphatic rings. The van der Waals surface area contributed by atoms with E-state index in [9.17, 15) is 9.59 Å². The second-order valence-electron chi connectivity index (χ2n) is 7.76. The smallest absolute Gasteiger partial charge is 0.334 e. The molecule has 1 saturated carbocycles. The van der Waals surface area contributed by atoms with Gasteiger partial charge in [-0.25, -0.2) is 4.79 Å². The Morgan fingerprint density at radius 1 is 1.40 bits per heavy atom. The number of carbonyl (C=O) groups is 2. The standard InChI is InChI=1S/C20H27BrO4/c1-12-7-8-15-13(2)19(23)24-18(15)17-14(12)9-10-20(17,3)25-16(22)6-4-5-11-21/h15,17-18H,2,4-11H2,1,3H3/t15-,17?,18-,20+/m0/s1. The van der Waals surface area contributed by atoms with Crippen LogP contribution in [0.4, 0.5) is 0 Å². The number of carbonyl (C=O) groups excluding carboxylic acids is 2. The number of esters is 2. The van der Waals surface area contributed by atoms with Crippen molar-refractivity contribution in [3.05, 3.63) is 23.3 Å². The van der Waals surface area contributed by atoms with Gasteiger partial charge in [0.2, 0.25) is 0 Å². The van der Waals surface area contributed by atoms with E-state index in [1.54, 1.807) is 0 Å². The number of halogens is 1. The summed E-state index contributed by atoms with van der Waals surface area (Å²) in [6.07, 6.45) is 5.53. The van der Waals surface area contributed by atoms with Gasteiger partial charge >= 0.3 is 11.9 Å². The minimum absolute atomic E-state index is 0.0366. The first kappa shape index (κ1) is 18.7. The zero-order chi connectivity index (χ0) is 18.2. The van der Waals surface area contributed by atoms with E-state index in [0.717, 1.165) is 43.9 Å². The van der Waals surface area contributed by atoms with Gasteiger partial charge < -0.3 is 9.47 Å². The Balaban J connectivity index is 1.83. The average molecular weight is 411 g/mol. The molecule has 0 aromatic heterocycles. The Bertz CT molecular complexity index is 623. The predicted molar refractivity (Wildman–Crippen MR) is 99.3 cm³/mol. The van der Waals surface area contributed by atoms with Crippen molar-refractivity contribution in [1.82, 2.24) is 0 Å². The molecule has 0 amide bonds. The van der Waals surface area contributed by atoms with Crippen LogP contribution in [0.5, 0.6) is 0 Å². The molecule has 138 valence electrons. The van der Waals surface area contributed by atoms with Crippen molar-refractivity contribution in [3.63, 3.8) is 0 Å². The van der Waals surface area contributed by atoms with E-state index in [-0.39, 0.29) is 29.9 Å². The first-order chi connectivity index (χ1) is 11.9. The lowest BCUT2D eigenvalue weighted by Crippen LogP contribution is -2.44. The normalized spacial score (nSPS) is 34.4. The molecule has 1 saturated heterocycles. The summed E-state index contributed by atoms with van der Waals surface area (Å²) in [5.41, 5.74) is 2.67. The highest BCUT2D eigenvalue weighted by Crippen LogP contribution is 2.53. The third-order valence-corrected chi connectivity index (χ3v) is 6.65. The van der Waals surface area contributed by atoms with Gasteiger partial charge in [0.05, 0.1) is 5.92 Å². The highest BCUT2D eigenvalue weighted by atomic mass is 79.9. The van der Waals surface area contributed by atoms with Gasteiger partial charge in [-0.3, -0.25) is 4.79 Å². The Hall–Kier alpha value is -1.10. The molecule has 0 bridgehead atoms. The van der Waals surface area contributed by atoms with Gasteiger partial charge in [0.15, 0.2) is 0 Å². The molecule has 0 N–H and O–H groups in total. The summed E-state index contributed by atoms with van der Waals surface area (Å²) in [4.78, 5) is 24.4. The first-order valence-corrected chi connectivity index (χ1v) is 10.4. The molecule has 3 rings (SSSR count). The Morgan fingerprint density at radius 2 is 2.16 bits per heavy atom. The van der Waals surface area contributed by atoms with Crippen LogP contribution in [0.1, 0.15) is 58.8 Å². The Morgan fingerprint density at radius 3 is 2.88 bits per heavy atom. The van der Waals surface area contributed by atoms with E-state index in [0.29, 0.717) is 12.0 Å². The van der Waals surface area contributed by atoms with Crippen molar-refractivity contribution in [3.8, 4) is 0 Å². The highest BCUT2D eigenvalue weighted by Gasteiger charge is 2.56. The van der Waals surface area contributed by atoms with Crippen LogP contribution in [-0.4, -0.2) is 29.0 Å². The van der Waals surface area contributed by atoms with Crippen LogP contribution >= 0.6 is 15.9 Å². The molecular weight excluding hydrogens is 384 g/mol. The van der Waals surface area contributed by atoms with Gasteiger partial charge in [-0.1, -0.05) is 33.7 Å². The van der Waals surface area contributed by atoms with E-state index < -0.39 is 5.60 Å². The second-order valence-corrected chi connectivity index (χ2v) is 8.55. The zero-order valence-corrected chi connectivity index (χ0v) is 16.7. The molecule has 5 heteroatoms. The van der Waals surface area contributed by atoms with E-state index in [1.807, 2.05) is 6.92 Å². The molecule has 25 heavy (non-hydrogen) atoms. The van der Waals surface area contributed by atoms with Crippen molar-refractivity contribution in [1.29, 1.82) is 0 Å². The number of fused-ring (bicyclic) bond motifs is 3. The molecule has 1 aliphatic heterocycles. The SMILES string of the molecule is C=C1C(=O)O[C@@H]2C3C(=C(C)CC[C@@H]12)CC[C@@]3(C)OC(=O)CCCCBr. The summed E-state index contributed by atoms with van der Waals surface area (Å²) in [5, 5.41) is 0.897. The zero-order valence-electron chi connectivity index (χ0n) is 15.1. The largest absolute Gasteiger partial charge is 0.459 e. The van der Waals surface area contributed by atoms with Crippen molar-refractivity contribution >= 4 is 27.9 Å². The fraction of sp³-hybridized carbons (Fsp3) is 0.700. The maximum Gasteiger partial charge on any atom is 0.334 e. The summed E-state index contributed by atoms with van der Waals surface area (Å²) < 4.78 is 11.7. The van der Waals surface area contributed by atoms with Crippen LogP contribution in [0.2, 0.25) is 0 Å². The Kier molecular flexibility index (Phi) is 5.42. The minimum Gasteiger partial charge on any atom is -0.459 e. The van der Waals surface area contributed by atoms with Crippen LogP contribution in [0, 0.1) is 11.8 Å². The van der Waals surface area contributed by atoms with E-state index in [2.05, 4.69) is 29.4 Å². The summed E-state index contributed by atoms with van der Waals surface area (Å²) in [7, 11) is 0. The molecule has 0 spiro atoms. The van der Waals surface area contributed by atoms with Gasteiger partial charge in [0, 0.05) is 23.2 Å². The lowest BCUT2D eigenvalue weighted by Gasteiger charge is -2.36. The number of ether oxygens (including phenoxy) is 2. The first-order valence-electron chi connectivity index (χ1n) is 9.23. The fourth-order valence-electron chi connectivity index (χ4n) is 4.68. The van der Waals surface area contributed by atoms with Crippen molar-refractivity contribution in [2.24, 2.45) is 11.8 Å². The van der Waals surface area contributed by atoms with Crippen LogP contribution in [0.25, 0.3) is 0 Å².